The van der Waals surface area contributed by atoms with Crippen molar-refractivity contribution in [1.82, 2.24) is 9.97 Å². The molecule has 0 aliphatic heterocycles. The number of aromatic nitrogens is 2. The highest BCUT2D eigenvalue weighted by atomic mass is 16.5. The number of hydrogen-bond donors (Lipinski definition) is 1. The van der Waals surface area contributed by atoms with Crippen molar-refractivity contribution >= 4 is 28.6 Å². The van der Waals surface area contributed by atoms with Crippen LogP contribution in [0.2, 0.25) is 0 Å². The Labute approximate surface area is 110 Å². The summed E-state index contributed by atoms with van der Waals surface area (Å²) in [6.07, 6.45) is 0. The Balaban J connectivity index is 2.27. The molecule has 6 nitrogen and oxygen atoms in total. The lowest BCUT2D eigenvalue weighted by Gasteiger charge is -2.15. The zero-order valence-electron chi connectivity index (χ0n) is 11.1. The molecular weight excluding hydrogens is 246 g/mol. The van der Waals surface area contributed by atoms with Gasteiger partial charge in [-0.2, -0.15) is 0 Å². The number of rotatable bonds is 2. The third-order valence-electron chi connectivity index (χ3n) is 2.73. The number of carbonyl (C=O) groups is 2. The second-order valence-electron chi connectivity index (χ2n) is 4.11. The molecule has 0 saturated heterocycles. The third kappa shape index (κ3) is 2.57. The van der Waals surface area contributed by atoms with Gasteiger partial charge in [-0.25, -0.2) is 9.78 Å². The minimum atomic E-state index is -0.856. The van der Waals surface area contributed by atoms with Crippen molar-refractivity contribution in [1.29, 1.82) is 0 Å². The van der Waals surface area contributed by atoms with Crippen LogP contribution in [0.1, 0.15) is 12.7 Å². The van der Waals surface area contributed by atoms with Crippen LogP contribution in [0.3, 0.4) is 0 Å². The van der Waals surface area contributed by atoms with E-state index in [-0.39, 0.29) is 6.61 Å². The van der Waals surface area contributed by atoms with E-state index in [1.165, 1.54) is 11.9 Å². The molecule has 0 atom stereocenters. The Morgan fingerprint density at radius 2 is 2.16 bits per heavy atom. The van der Waals surface area contributed by atoms with Gasteiger partial charge in [-0.3, -0.25) is 4.79 Å². The van der Waals surface area contributed by atoms with Gasteiger partial charge in [-0.1, -0.05) is 0 Å². The van der Waals surface area contributed by atoms with Crippen LogP contribution < -0.4 is 4.90 Å². The highest BCUT2D eigenvalue weighted by Crippen LogP contribution is 2.20. The molecule has 1 aromatic carbocycles. The molecule has 1 N–H and O–H groups in total. The molecule has 0 bridgehead atoms. The van der Waals surface area contributed by atoms with E-state index in [4.69, 9.17) is 0 Å². The summed E-state index contributed by atoms with van der Waals surface area (Å²) in [6, 6.07) is 5.30. The van der Waals surface area contributed by atoms with Crippen LogP contribution in [0.15, 0.2) is 18.2 Å². The van der Waals surface area contributed by atoms with Gasteiger partial charge < -0.3 is 14.6 Å². The van der Waals surface area contributed by atoms with Crippen LogP contribution in [0.5, 0.6) is 0 Å². The van der Waals surface area contributed by atoms with Gasteiger partial charge in [0, 0.05) is 12.7 Å². The van der Waals surface area contributed by atoms with E-state index in [9.17, 15) is 9.59 Å². The fourth-order valence-corrected chi connectivity index (χ4v) is 1.78. The van der Waals surface area contributed by atoms with E-state index in [2.05, 4.69) is 14.7 Å². The van der Waals surface area contributed by atoms with Crippen molar-refractivity contribution in [3.05, 3.63) is 24.0 Å². The number of benzene rings is 1. The lowest BCUT2D eigenvalue weighted by atomic mass is 10.2. The van der Waals surface area contributed by atoms with Gasteiger partial charge in [0.15, 0.2) is 0 Å². The Morgan fingerprint density at radius 3 is 2.84 bits per heavy atom. The van der Waals surface area contributed by atoms with E-state index < -0.39 is 11.9 Å². The number of carbonyl (C=O) groups excluding carboxylic acids is 2. The summed E-state index contributed by atoms with van der Waals surface area (Å²) in [7, 11) is 1.53. The maximum Gasteiger partial charge on any atom is 0.397 e. The first kappa shape index (κ1) is 13.1. The lowest BCUT2D eigenvalue weighted by molar-refractivity contribution is -0.153. The van der Waals surface area contributed by atoms with Gasteiger partial charge in [0.1, 0.15) is 5.82 Å². The van der Waals surface area contributed by atoms with Crippen LogP contribution in [0.25, 0.3) is 11.0 Å². The quantitative estimate of drug-likeness (QED) is 0.655. The van der Waals surface area contributed by atoms with Gasteiger partial charge >= 0.3 is 11.9 Å². The largest absolute Gasteiger partial charge is 0.459 e. The summed E-state index contributed by atoms with van der Waals surface area (Å²) < 4.78 is 4.69. The highest BCUT2D eigenvalue weighted by Gasteiger charge is 2.21. The van der Waals surface area contributed by atoms with Crippen LogP contribution in [-0.2, 0) is 14.3 Å². The zero-order chi connectivity index (χ0) is 14.0. The predicted octanol–water partition coefficient (Wildman–Crippen LogP) is 1.40. The molecule has 0 unspecified atom stereocenters. The molecule has 0 aliphatic carbocycles. The average Bonchev–Trinajstić information content (AvgIpc) is 2.76. The number of amides is 1. The number of likely N-dealkylation sites (N-methyl/N-ethyl adjacent to an activating group) is 1. The number of nitrogens with one attached hydrogen (secondary N) is 1. The molecule has 0 fully saturated rings. The minimum Gasteiger partial charge on any atom is -0.459 e. The molecule has 0 spiro atoms. The summed E-state index contributed by atoms with van der Waals surface area (Å²) >= 11 is 0. The molecule has 0 aliphatic rings. The first-order chi connectivity index (χ1) is 9.02. The van der Waals surface area contributed by atoms with Crippen molar-refractivity contribution in [3.8, 4) is 0 Å². The van der Waals surface area contributed by atoms with Gasteiger partial charge in [0.05, 0.1) is 17.6 Å². The smallest absolute Gasteiger partial charge is 0.397 e. The average molecular weight is 261 g/mol. The zero-order valence-corrected chi connectivity index (χ0v) is 11.1. The van der Waals surface area contributed by atoms with Crippen LogP contribution >= 0.6 is 0 Å². The number of aryl methyl sites for hydroxylation is 1. The topological polar surface area (TPSA) is 75.3 Å². The van der Waals surface area contributed by atoms with Crippen molar-refractivity contribution in [2.45, 2.75) is 13.8 Å². The van der Waals surface area contributed by atoms with E-state index in [1.807, 2.05) is 6.92 Å². The number of imidazole rings is 1. The summed E-state index contributed by atoms with van der Waals surface area (Å²) in [5, 5.41) is 0. The predicted molar refractivity (Wildman–Crippen MR) is 70.9 cm³/mol. The molecule has 6 heteroatoms. The van der Waals surface area contributed by atoms with E-state index >= 15 is 0 Å². The summed E-state index contributed by atoms with van der Waals surface area (Å²) in [5.41, 5.74) is 2.24. The Kier molecular flexibility index (Phi) is 3.50. The standard InChI is InChI=1S/C13H15N3O3/c1-4-19-13(18)12(17)16(3)9-5-6-10-11(7-9)15-8(2)14-10/h5-7H,4H2,1-3H3,(H,14,15). The highest BCUT2D eigenvalue weighted by molar-refractivity contribution is 6.38. The number of esters is 1. The fourth-order valence-electron chi connectivity index (χ4n) is 1.78. The second-order valence-corrected chi connectivity index (χ2v) is 4.11. The summed E-state index contributed by atoms with van der Waals surface area (Å²) in [5.74, 6) is -0.755. The Hall–Kier alpha value is -2.37. The van der Waals surface area contributed by atoms with Crippen LogP contribution in [0.4, 0.5) is 5.69 Å². The number of aromatic amines is 1. The molecule has 0 radical (unpaired) electrons. The normalized spacial score (nSPS) is 10.5. The molecule has 2 aromatic rings. The second kappa shape index (κ2) is 5.09. The SMILES string of the molecule is CCOC(=O)C(=O)N(C)c1ccc2nc(C)[nH]c2c1. The molecule has 19 heavy (non-hydrogen) atoms. The Bertz CT molecular complexity index is 633. The van der Waals surface area contributed by atoms with E-state index in [0.717, 1.165) is 16.9 Å². The first-order valence-electron chi connectivity index (χ1n) is 5.94. The van der Waals surface area contributed by atoms with Crippen molar-refractivity contribution in [2.24, 2.45) is 0 Å². The molecule has 1 aromatic heterocycles. The number of nitrogens with zero attached hydrogens (tertiary/aromatic N) is 2. The van der Waals surface area contributed by atoms with E-state index in [1.54, 1.807) is 25.1 Å². The number of anilines is 1. The number of hydrogen-bond acceptors (Lipinski definition) is 4. The van der Waals surface area contributed by atoms with Gasteiger partial charge in [0.2, 0.25) is 0 Å². The van der Waals surface area contributed by atoms with Crippen molar-refractivity contribution in [2.75, 3.05) is 18.6 Å². The molecule has 1 heterocycles. The number of H-pyrrole nitrogens is 1. The maximum absolute atomic E-state index is 11.8. The first-order valence-corrected chi connectivity index (χ1v) is 5.94. The molecule has 1 amide bonds. The molecule has 2 rings (SSSR count). The van der Waals surface area contributed by atoms with Crippen LogP contribution in [0, 0.1) is 6.92 Å². The van der Waals surface area contributed by atoms with Gasteiger partial charge in [-0.05, 0) is 32.0 Å². The summed E-state index contributed by atoms with van der Waals surface area (Å²) in [4.78, 5) is 31.8. The minimum absolute atomic E-state index is 0.178. The molecule has 0 saturated carbocycles. The lowest BCUT2D eigenvalue weighted by Crippen LogP contribution is -2.34. The van der Waals surface area contributed by atoms with Crippen molar-refractivity contribution in [3.63, 3.8) is 0 Å². The number of ether oxygens (including phenoxy) is 1. The number of fused-ring (bicyclic) bond motifs is 1. The fraction of sp³-hybridized carbons (Fsp3) is 0.308. The molecular formula is C13H15N3O3. The van der Waals surface area contributed by atoms with E-state index in [0.29, 0.717) is 5.69 Å². The van der Waals surface area contributed by atoms with Gasteiger partial charge in [0.25, 0.3) is 0 Å². The molecule has 100 valence electrons. The van der Waals surface area contributed by atoms with Crippen LogP contribution in [-0.4, -0.2) is 35.5 Å². The maximum atomic E-state index is 11.8. The monoisotopic (exact) mass is 261 g/mol. The Morgan fingerprint density at radius 1 is 1.42 bits per heavy atom. The van der Waals surface area contributed by atoms with Crippen molar-refractivity contribution < 1.29 is 14.3 Å². The summed E-state index contributed by atoms with van der Waals surface area (Å²) in [6.45, 7) is 3.69. The van der Waals surface area contributed by atoms with Gasteiger partial charge in [-0.15, -0.1) is 0 Å². The third-order valence-corrected chi connectivity index (χ3v) is 2.73.